The highest BCUT2D eigenvalue weighted by atomic mass is 16.5. The fraction of sp³-hybridized carbons (Fsp3) is 0.765. The monoisotopic (exact) mass is 339 g/mol. The molecule has 1 saturated heterocycles. The Bertz CT molecular complexity index is 461. The van der Waals surface area contributed by atoms with Gasteiger partial charge in [-0.2, -0.15) is 0 Å². The van der Waals surface area contributed by atoms with Crippen molar-refractivity contribution in [2.75, 3.05) is 19.7 Å². The highest BCUT2D eigenvalue weighted by Gasteiger charge is 2.30. The predicted molar refractivity (Wildman–Crippen MR) is 90.5 cm³/mol. The zero-order chi connectivity index (χ0) is 17.5. The van der Waals surface area contributed by atoms with Crippen LogP contribution in [0.25, 0.3) is 0 Å². The van der Waals surface area contributed by atoms with Crippen LogP contribution < -0.4 is 10.6 Å². The third-order valence-electron chi connectivity index (χ3n) is 4.27. The first-order chi connectivity index (χ1) is 11.5. The molecule has 3 amide bonds. The molecule has 3 atom stereocenters. The molecule has 7 nitrogen and oxygen atoms in total. The van der Waals surface area contributed by atoms with Crippen LogP contribution >= 0.6 is 0 Å². The molecular weight excluding hydrogens is 310 g/mol. The molecule has 0 spiro atoms. The number of nitrogens with zero attached hydrogens (tertiary/aromatic N) is 1. The van der Waals surface area contributed by atoms with Crippen molar-refractivity contribution in [3.63, 3.8) is 0 Å². The van der Waals surface area contributed by atoms with Gasteiger partial charge in [0.05, 0.1) is 25.2 Å². The van der Waals surface area contributed by atoms with Gasteiger partial charge in [0.1, 0.15) is 6.10 Å². The van der Waals surface area contributed by atoms with E-state index in [-0.39, 0.29) is 37.1 Å². The summed E-state index contributed by atoms with van der Waals surface area (Å²) in [5.41, 5.74) is 0. The van der Waals surface area contributed by atoms with Crippen LogP contribution in [-0.2, 0) is 9.53 Å². The lowest BCUT2D eigenvalue weighted by atomic mass is 10.0. The van der Waals surface area contributed by atoms with Gasteiger partial charge < -0.3 is 25.4 Å². The molecule has 0 bridgehead atoms. The van der Waals surface area contributed by atoms with Crippen LogP contribution in [0, 0.1) is 0 Å². The Kier molecular flexibility index (Phi) is 7.05. The molecule has 2 rings (SSSR count). The molecule has 0 aromatic heterocycles. The van der Waals surface area contributed by atoms with Gasteiger partial charge in [0.25, 0.3) is 0 Å². The molecule has 1 fully saturated rings. The maximum Gasteiger partial charge on any atom is 0.315 e. The van der Waals surface area contributed by atoms with Crippen molar-refractivity contribution in [3.05, 3.63) is 12.2 Å². The van der Waals surface area contributed by atoms with Crippen molar-refractivity contribution >= 4 is 11.9 Å². The number of amides is 3. The van der Waals surface area contributed by atoms with E-state index < -0.39 is 12.1 Å². The molecule has 0 unspecified atom stereocenters. The van der Waals surface area contributed by atoms with Crippen molar-refractivity contribution in [1.82, 2.24) is 15.5 Å². The predicted octanol–water partition coefficient (Wildman–Crippen LogP) is 0.781. The quantitative estimate of drug-likeness (QED) is 0.646. The molecule has 0 radical (unpaired) electrons. The average Bonchev–Trinajstić information content (AvgIpc) is 2.56. The normalized spacial score (nSPS) is 27.2. The molecule has 3 N–H and O–H groups in total. The molecule has 0 aromatic rings. The number of rotatable bonds is 5. The van der Waals surface area contributed by atoms with E-state index in [1.54, 1.807) is 12.2 Å². The van der Waals surface area contributed by atoms with Crippen LogP contribution in [0.5, 0.6) is 0 Å². The lowest BCUT2D eigenvalue weighted by molar-refractivity contribution is -0.136. The fourth-order valence-corrected chi connectivity index (χ4v) is 3.04. The second kappa shape index (κ2) is 9.03. The van der Waals surface area contributed by atoms with Gasteiger partial charge in [0, 0.05) is 19.1 Å². The minimum Gasteiger partial charge on any atom is -0.394 e. The maximum atomic E-state index is 12.3. The molecular formula is C17H29N3O4. The smallest absolute Gasteiger partial charge is 0.315 e. The number of carbonyl (C=O) groups is 2. The van der Waals surface area contributed by atoms with E-state index in [9.17, 15) is 14.7 Å². The summed E-state index contributed by atoms with van der Waals surface area (Å²) >= 11 is 0. The van der Waals surface area contributed by atoms with Gasteiger partial charge in [-0.25, -0.2) is 4.79 Å². The summed E-state index contributed by atoms with van der Waals surface area (Å²) in [6, 6.07) is -0.680. The fourth-order valence-electron chi connectivity index (χ4n) is 3.04. The van der Waals surface area contributed by atoms with E-state index in [2.05, 4.69) is 10.6 Å². The summed E-state index contributed by atoms with van der Waals surface area (Å²) in [6.07, 6.45) is 6.27. The van der Waals surface area contributed by atoms with E-state index in [0.717, 1.165) is 25.9 Å². The van der Waals surface area contributed by atoms with Crippen molar-refractivity contribution in [1.29, 1.82) is 0 Å². The Morgan fingerprint density at radius 2 is 1.96 bits per heavy atom. The minimum absolute atomic E-state index is 0.0287. The largest absolute Gasteiger partial charge is 0.394 e. The standard InChI is InChI=1S/C17H29N3O4/c1-12(2)18-17(23)19-14-7-6-13(24-15(14)11-21)10-16(22)20-8-4-3-5-9-20/h6-7,12-15,21H,3-5,8-11H2,1-2H3,(H2,18,19,23)/t13-,14+,15+/m0/s1. The number of hydrogen-bond acceptors (Lipinski definition) is 4. The van der Waals surface area contributed by atoms with Crippen molar-refractivity contribution in [2.24, 2.45) is 0 Å². The Morgan fingerprint density at radius 3 is 2.58 bits per heavy atom. The zero-order valence-corrected chi connectivity index (χ0v) is 14.5. The number of likely N-dealkylation sites (tertiary alicyclic amines) is 1. The first-order valence-electron chi connectivity index (χ1n) is 8.79. The number of urea groups is 1. The minimum atomic E-state index is -0.549. The van der Waals surface area contributed by atoms with Gasteiger partial charge in [0.15, 0.2) is 0 Å². The average molecular weight is 339 g/mol. The molecule has 2 aliphatic heterocycles. The summed E-state index contributed by atoms with van der Waals surface area (Å²) < 4.78 is 5.79. The lowest BCUT2D eigenvalue weighted by Gasteiger charge is -2.33. The summed E-state index contributed by atoms with van der Waals surface area (Å²) in [5, 5.41) is 15.0. The molecule has 0 saturated carbocycles. The summed E-state index contributed by atoms with van der Waals surface area (Å²) in [7, 11) is 0. The summed E-state index contributed by atoms with van der Waals surface area (Å²) in [5.74, 6) is 0.0880. The second-order valence-corrected chi connectivity index (χ2v) is 6.72. The number of piperidine rings is 1. The third kappa shape index (κ3) is 5.49. The van der Waals surface area contributed by atoms with E-state index >= 15 is 0 Å². The second-order valence-electron chi connectivity index (χ2n) is 6.72. The Morgan fingerprint density at radius 1 is 1.25 bits per heavy atom. The highest BCUT2D eigenvalue weighted by molar-refractivity contribution is 5.77. The molecule has 136 valence electrons. The van der Waals surface area contributed by atoms with Gasteiger partial charge in [-0.15, -0.1) is 0 Å². The first kappa shape index (κ1) is 18.7. The number of ether oxygens (including phenoxy) is 1. The Balaban J connectivity index is 1.87. The Hall–Kier alpha value is -1.60. The molecule has 24 heavy (non-hydrogen) atoms. The van der Waals surface area contributed by atoms with E-state index in [0.29, 0.717) is 0 Å². The number of carbonyl (C=O) groups excluding carboxylic acids is 2. The van der Waals surface area contributed by atoms with Crippen molar-refractivity contribution < 1.29 is 19.4 Å². The van der Waals surface area contributed by atoms with Crippen LogP contribution in [0.3, 0.4) is 0 Å². The SMILES string of the molecule is CC(C)NC(=O)N[C@@H]1C=C[C@@H](CC(=O)N2CCCCC2)O[C@@H]1CO. The highest BCUT2D eigenvalue weighted by Crippen LogP contribution is 2.18. The summed E-state index contributed by atoms with van der Waals surface area (Å²) in [4.78, 5) is 26.0. The molecule has 0 aliphatic carbocycles. The van der Waals surface area contributed by atoms with Gasteiger partial charge in [-0.1, -0.05) is 12.2 Å². The van der Waals surface area contributed by atoms with E-state index in [1.165, 1.54) is 6.42 Å². The van der Waals surface area contributed by atoms with E-state index in [1.807, 2.05) is 18.7 Å². The number of aliphatic hydroxyl groups excluding tert-OH is 1. The van der Waals surface area contributed by atoms with Crippen molar-refractivity contribution in [3.8, 4) is 0 Å². The molecule has 2 aliphatic rings. The molecule has 2 heterocycles. The zero-order valence-electron chi connectivity index (χ0n) is 14.5. The number of nitrogens with one attached hydrogen (secondary N) is 2. The maximum absolute atomic E-state index is 12.3. The number of hydrogen-bond donors (Lipinski definition) is 3. The third-order valence-corrected chi connectivity index (χ3v) is 4.27. The topological polar surface area (TPSA) is 90.9 Å². The summed E-state index contributed by atoms with van der Waals surface area (Å²) in [6.45, 7) is 5.17. The van der Waals surface area contributed by atoms with Crippen LogP contribution in [0.2, 0.25) is 0 Å². The van der Waals surface area contributed by atoms with Crippen LogP contribution in [-0.4, -0.2) is 65.9 Å². The number of aliphatic hydroxyl groups is 1. The molecule has 0 aromatic carbocycles. The molecule has 7 heteroatoms. The Labute approximate surface area is 143 Å². The lowest BCUT2D eigenvalue weighted by Crippen LogP contribution is -2.52. The van der Waals surface area contributed by atoms with Crippen LogP contribution in [0.4, 0.5) is 4.79 Å². The van der Waals surface area contributed by atoms with Gasteiger partial charge in [0.2, 0.25) is 5.91 Å². The van der Waals surface area contributed by atoms with E-state index in [4.69, 9.17) is 4.74 Å². The van der Waals surface area contributed by atoms with Crippen LogP contribution in [0.1, 0.15) is 39.5 Å². The van der Waals surface area contributed by atoms with Gasteiger partial charge in [-0.05, 0) is 33.1 Å². The first-order valence-corrected chi connectivity index (χ1v) is 8.79. The van der Waals surface area contributed by atoms with Gasteiger partial charge in [-0.3, -0.25) is 4.79 Å². The van der Waals surface area contributed by atoms with Crippen molar-refractivity contribution in [2.45, 2.75) is 63.8 Å². The van der Waals surface area contributed by atoms with Crippen LogP contribution in [0.15, 0.2) is 12.2 Å². The van der Waals surface area contributed by atoms with Gasteiger partial charge >= 0.3 is 6.03 Å².